The highest BCUT2D eigenvalue weighted by Gasteiger charge is 2.19. The van der Waals surface area contributed by atoms with Crippen LogP contribution < -0.4 is 5.32 Å². The molecule has 82 valence electrons. The lowest BCUT2D eigenvalue weighted by atomic mass is 9.87. The molecule has 0 aliphatic heterocycles. The molecule has 0 spiro atoms. The zero-order valence-corrected chi connectivity index (χ0v) is 8.95. The van der Waals surface area contributed by atoms with Crippen LogP contribution in [0.1, 0.15) is 50.6 Å². The van der Waals surface area contributed by atoms with Gasteiger partial charge in [0.2, 0.25) is 11.8 Å². The van der Waals surface area contributed by atoms with Crippen LogP contribution in [-0.2, 0) is 4.79 Å². The third-order valence-corrected chi connectivity index (χ3v) is 2.85. The summed E-state index contributed by atoms with van der Waals surface area (Å²) >= 11 is 0. The van der Waals surface area contributed by atoms with Gasteiger partial charge in [-0.15, -0.1) is 0 Å². The summed E-state index contributed by atoms with van der Waals surface area (Å²) in [7, 11) is 0. The SMILES string of the molecule is CC(=O)Nc1cc(C2CCCCC2)no1. The van der Waals surface area contributed by atoms with Crippen molar-refractivity contribution in [3.05, 3.63) is 11.8 Å². The number of nitrogens with one attached hydrogen (secondary N) is 1. The van der Waals surface area contributed by atoms with E-state index < -0.39 is 0 Å². The van der Waals surface area contributed by atoms with Gasteiger partial charge >= 0.3 is 0 Å². The number of carbonyl (C=O) groups excluding carboxylic acids is 1. The van der Waals surface area contributed by atoms with Crippen LogP contribution in [0.3, 0.4) is 0 Å². The van der Waals surface area contributed by atoms with Crippen molar-refractivity contribution < 1.29 is 9.32 Å². The van der Waals surface area contributed by atoms with E-state index in [4.69, 9.17) is 4.52 Å². The van der Waals surface area contributed by atoms with Crippen LogP contribution >= 0.6 is 0 Å². The third kappa shape index (κ3) is 2.58. The first-order chi connectivity index (χ1) is 7.25. The Labute approximate surface area is 89.0 Å². The monoisotopic (exact) mass is 208 g/mol. The zero-order valence-electron chi connectivity index (χ0n) is 8.95. The standard InChI is InChI=1S/C11H16N2O2/c1-8(14)12-11-7-10(13-15-11)9-5-3-2-4-6-9/h7,9H,2-6H2,1H3,(H,12,14). The van der Waals surface area contributed by atoms with Crippen LogP contribution in [0.2, 0.25) is 0 Å². The van der Waals surface area contributed by atoms with Crippen LogP contribution in [0, 0.1) is 0 Å². The summed E-state index contributed by atoms with van der Waals surface area (Å²) in [6, 6.07) is 1.84. The van der Waals surface area contributed by atoms with Crippen LogP contribution in [0.15, 0.2) is 10.6 Å². The van der Waals surface area contributed by atoms with Gasteiger partial charge in [0, 0.05) is 18.9 Å². The van der Waals surface area contributed by atoms with Crippen molar-refractivity contribution in [1.82, 2.24) is 5.16 Å². The molecule has 0 bridgehead atoms. The first kappa shape index (κ1) is 10.2. The van der Waals surface area contributed by atoms with E-state index in [9.17, 15) is 4.79 Å². The maximum absolute atomic E-state index is 10.8. The Bertz CT molecular complexity index is 340. The first-order valence-electron chi connectivity index (χ1n) is 5.50. The van der Waals surface area contributed by atoms with Crippen molar-refractivity contribution in [2.75, 3.05) is 5.32 Å². The summed E-state index contributed by atoms with van der Waals surface area (Å²) in [5.74, 6) is 0.856. The Morgan fingerprint density at radius 1 is 1.47 bits per heavy atom. The molecule has 1 aromatic rings. The fourth-order valence-corrected chi connectivity index (χ4v) is 2.11. The molecule has 1 N–H and O–H groups in total. The van der Waals surface area contributed by atoms with E-state index in [0.717, 1.165) is 5.69 Å². The Kier molecular flexibility index (Phi) is 3.04. The lowest BCUT2D eigenvalue weighted by Crippen LogP contribution is -2.05. The van der Waals surface area contributed by atoms with Crippen LogP contribution in [0.5, 0.6) is 0 Å². The Hall–Kier alpha value is -1.32. The highest BCUT2D eigenvalue weighted by molar-refractivity contribution is 5.87. The van der Waals surface area contributed by atoms with Crippen molar-refractivity contribution in [2.24, 2.45) is 0 Å². The highest BCUT2D eigenvalue weighted by atomic mass is 16.5. The van der Waals surface area contributed by atoms with Gasteiger partial charge in [0.25, 0.3) is 0 Å². The fraction of sp³-hybridized carbons (Fsp3) is 0.636. The van der Waals surface area contributed by atoms with Gasteiger partial charge in [-0.2, -0.15) is 0 Å². The zero-order chi connectivity index (χ0) is 10.7. The van der Waals surface area contributed by atoms with Gasteiger partial charge in [0.05, 0.1) is 5.69 Å². The van der Waals surface area contributed by atoms with Gasteiger partial charge in [-0.05, 0) is 12.8 Å². The van der Waals surface area contributed by atoms with Gasteiger partial charge in [0.1, 0.15) is 0 Å². The molecule has 1 amide bonds. The van der Waals surface area contributed by atoms with Gasteiger partial charge in [0.15, 0.2) is 0 Å². The molecule has 1 saturated carbocycles. The van der Waals surface area contributed by atoms with Crippen LogP contribution in [0.25, 0.3) is 0 Å². The first-order valence-corrected chi connectivity index (χ1v) is 5.50. The predicted octanol–water partition coefficient (Wildman–Crippen LogP) is 2.68. The quantitative estimate of drug-likeness (QED) is 0.812. The second kappa shape index (κ2) is 4.47. The van der Waals surface area contributed by atoms with E-state index in [0.29, 0.717) is 11.8 Å². The normalized spacial score (nSPS) is 17.7. The second-order valence-electron chi connectivity index (χ2n) is 4.13. The fourth-order valence-electron chi connectivity index (χ4n) is 2.11. The highest BCUT2D eigenvalue weighted by Crippen LogP contribution is 2.32. The number of amides is 1. The lowest BCUT2D eigenvalue weighted by Gasteiger charge is -2.18. The van der Waals surface area contributed by atoms with E-state index in [1.807, 2.05) is 6.07 Å². The van der Waals surface area contributed by atoms with E-state index in [-0.39, 0.29) is 5.91 Å². The minimum absolute atomic E-state index is 0.124. The number of rotatable bonds is 2. The summed E-state index contributed by atoms with van der Waals surface area (Å²) < 4.78 is 5.05. The summed E-state index contributed by atoms with van der Waals surface area (Å²) in [6.45, 7) is 1.46. The molecule has 15 heavy (non-hydrogen) atoms. The molecule has 4 nitrogen and oxygen atoms in total. The summed E-state index contributed by atoms with van der Waals surface area (Å²) in [6.07, 6.45) is 6.24. The molecule has 0 unspecified atom stereocenters. The van der Waals surface area contributed by atoms with Crippen molar-refractivity contribution in [1.29, 1.82) is 0 Å². The predicted molar refractivity (Wildman–Crippen MR) is 56.6 cm³/mol. The van der Waals surface area contributed by atoms with Crippen molar-refractivity contribution in [3.63, 3.8) is 0 Å². The molecule has 1 aromatic heterocycles. The molecule has 2 rings (SSSR count). The van der Waals surface area contributed by atoms with E-state index in [1.165, 1.54) is 39.0 Å². The molecule has 1 aliphatic carbocycles. The van der Waals surface area contributed by atoms with Gasteiger partial charge in [-0.1, -0.05) is 24.4 Å². The average Bonchev–Trinajstić information content (AvgIpc) is 2.67. The third-order valence-electron chi connectivity index (χ3n) is 2.85. The molecule has 1 fully saturated rings. The summed E-state index contributed by atoms with van der Waals surface area (Å²) in [5, 5.41) is 6.60. The minimum Gasteiger partial charge on any atom is -0.338 e. The maximum Gasteiger partial charge on any atom is 0.231 e. The Morgan fingerprint density at radius 3 is 2.87 bits per heavy atom. The van der Waals surface area contributed by atoms with Gasteiger partial charge in [-0.25, -0.2) is 0 Å². The number of carbonyl (C=O) groups is 1. The maximum atomic E-state index is 10.8. The van der Waals surface area contributed by atoms with E-state index >= 15 is 0 Å². The molecule has 4 heteroatoms. The molecule has 0 radical (unpaired) electrons. The number of hydrogen-bond acceptors (Lipinski definition) is 3. The van der Waals surface area contributed by atoms with Crippen molar-refractivity contribution in [2.45, 2.75) is 44.9 Å². The molecule has 1 aliphatic rings. The smallest absolute Gasteiger partial charge is 0.231 e. The summed E-state index contributed by atoms with van der Waals surface area (Å²) in [4.78, 5) is 10.8. The van der Waals surface area contributed by atoms with Crippen LogP contribution in [-0.4, -0.2) is 11.1 Å². The molecule has 1 heterocycles. The van der Waals surface area contributed by atoms with Gasteiger partial charge < -0.3 is 4.52 Å². The average molecular weight is 208 g/mol. The number of hydrogen-bond donors (Lipinski definition) is 1. The number of nitrogens with zero attached hydrogens (tertiary/aromatic N) is 1. The van der Waals surface area contributed by atoms with E-state index in [1.54, 1.807) is 0 Å². The molecule has 0 saturated heterocycles. The largest absolute Gasteiger partial charge is 0.338 e. The molecular weight excluding hydrogens is 192 g/mol. The lowest BCUT2D eigenvalue weighted by molar-refractivity contribution is -0.114. The summed E-state index contributed by atoms with van der Waals surface area (Å²) in [5.41, 5.74) is 0.985. The minimum atomic E-state index is -0.124. The van der Waals surface area contributed by atoms with Crippen molar-refractivity contribution >= 4 is 11.8 Å². The Morgan fingerprint density at radius 2 is 2.20 bits per heavy atom. The molecular formula is C11H16N2O2. The van der Waals surface area contributed by atoms with Gasteiger partial charge in [-0.3, -0.25) is 10.1 Å². The number of anilines is 1. The topological polar surface area (TPSA) is 55.1 Å². The Balaban J connectivity index is 2.02. The second-order valence-corrected chi connectivity index (χ2v) is 4.13. The number of aromatic nitrogens is 1. The van der Waals surface area contributed by atoms with E-state index in [2.05, 4.69) is 10.5 Å². The molecule has 0 atom stereocenters. The van der Waals surface area contributed by atoms with Crippen molar-refractivity contribution in [3.8, 4) is 0 Å². The molecule has 0 aromatic carbocycles. The van der Waals surface area contributed by atoms with Crippen LogP contribution in [0.4, 0.5) is 5.88 Å².